The molecule has 0 atom stereocenters. The van der Waals surface area contributed by atoms with Crippen LogP contribution in [0.3, 0.4) is 0 Å². The van der Waals surface area contributed by atoms with Gasteiger partial charge >= 0.3 is 0 Å². The minimum Gasteiger partial charge on any atom is -0.385 e. The Morgan fingerprint density at radius 2 is 2.33 bits per heavy atom. The number of ether oxygens (including phenoxy) is 1. The number of methoxy groups -OCH3 is 1. The van der Waals surface area contributed by atoms with Gasteiger partial charge in [0, 0.05) is 19.5 Å². The highest BCUT2D eigenvalue weighted by molar-refractivity contribution is 8.01. The lowest BCUT2D eigenvalue weighted by Gasteiger charge is -1.96. The second-order valence-electron chi connectivity index (χ2n) is 1.76. The van der Waals surface area contributed by atoms with Crippen LogP contribution < -0.4 is 0 Å². The van der Waals surface area contributed by atoms with E-state index in [-0.39, 0.29) is 0 Å². The van der Waals surface area contributed by atoms with E-state index >= 15 is 0 Å². The Hall–Kier alpha value is 0.310. The maximum absolute atomic E-state index is 4.89. The van der Waals surface area contributed by atoms with Gasteiger partial charge in [0.1, 0.15) is 0 Å². The molecule has 0 aromatic heterocycles. The highest BCUT2D eigenvalue weighted by Gasteiger charge is 1.86. The predicted octanol–water partition coefficient (Wildman–Crippen LogP) is 2.33. The molecule has 1 radical (unpaired) electrons. The van der Waals surface area contributed by atoms with Crippen molar-refractivity contribution in [2.75, 3.05) is 19.5 Å². The number of unbranched alkanes of at least 4 members (excludes halogenated alkanes) is 1. The van der Waals surface area contributed by atoms with Gasteiger partial charge in [0.2, 0.25) is 0 Å². The summed E-state index contributed by atoms with van der Waals surface area (Å²) in [5, 5.41) is 0. The zero-order chi connectivity index (χ0) is 6.95. The van der Waals surface area contributed by atoms with Gasteiger partial charge in [0.25, 0.3) is 0 Å². The minimum atomic E-state index is 0.890. The number of hydrogen-bond acceptors (Lipinski definition) is 2. The molecule has 55 valence electrons. The van der Waals surface area contributed by atoms with Crippen molar-refractivity contribution in [2.24, 2.45) is 0 Å². The molecule has 0 N–H and O–H groups in total. The van der Waals surface area contributed by atoms with Crippen molar-refractivity contribution in [1.82, 2.24) is 0 Å². The summed E-state index contributed by atoms with van der Waals surface area (Å²) in [5.41, 5.74) is 0. The maximum Gasteiger partial charge on any atom is 0.0462 e. The quantitative estimate of drug-likeness (QED) is 0.533. The molecule has 2 heteroatoms. The molecule has 0 aliphatic carbocycles. The van der Waals surface area contributed by atoms with Gasteiger partial charge in [-0.1, -0.05) is 6.92 Å². The zero-order valence-electron chi connectivity index (χ0n) is 6.22. The van der Waals surface area contributed by atoms with E-state index in [0.717, 1.165) is 13.0 Å². The first-order valence-electron chi connectivity index (χ1n) is 3.34. The molecule has 0 rings (SSSR count). The largest absolute Gasteiger partial charge is 0.385 e. The SMILES string of the molecule is CCS[CH]CCCOC. The second kappa shape index (κ2) is 8.31. The van der Waals surface area contributed by atoms with Crippen LogP contribution >= 0.6 is 11.8 Å². The zero-order valence-corrected chi connectivity index (χ0v) is 7.04. The van der Waals surface area contributed by atoms with E-state index in [4.69, 9.17) is 4.74 Å². The topological polar surface area (TPSA) is 9.23 Å². The monoisotopic (exact) mass is 147 g/mol. The van der Waals surface area contributed by atoms with E-state index in [0.29, 0.717) is 0 Å². The van der Waals surface area contributed by atoms with Crippen molar-refractivity contribution >= 4 is 11.8 Å². The fourth-order valence-corrected chi connectivity index (χ4v) is 1.08. The molecule has 0 aromatic carbocycles. The first kappa shape index (κ1) is 9.31. The third-order valence-corrected chi connectivity index (χ3v) is 1.76. The molecule has 0 saturated carbocycles. The third kappa shape index (κ3) is 8.31. The maximum atomic E-state index is 4.89. The van der Waals surface area contributed by atoms with Crippen molar-refractivity contribution in [3.8, 4) is 0 Å². The van der Waals surface area contributed by atoms with Gasteiger partial charge in [0.05, 0.1) is 0 Å². The summed E-state index contributed by atoms with van der Waals surface area (Å²) in [6, 6.07) is 0. The van der Waals surface area contributed by atoms with Crippen LogP contribution in [0.25, 0.3) is 0 Å². The summed E-state index contributed by atoms with van der Waals surface area (Å²) >= 11 is 1.88. The molecule has 0 aliphatic heterocycles. The van der Waals surface area contributed by atoms with E-state index in [2.05, 4.69) is 12.7 Å². The van der Waals surface area contributed by atoms with Crippen LogP contribution in [0.1, 0.15) is 19.8 Å². The lowest BCUT2D eigenvalue weighted by molar-refractivity contribution is 0.195. The Balaban J connectivity index is 2.60. The smallest absolute Gasteiger partial charge is 0.0462 e. The van der Waals surface area contributed by atoms with Gasteiger partial charge in [-0.25, -0.2) is 0 Å². The molecule has 9 heavy (non-hydrogen) atoms. The normalized spacial score (nSPS) is 10.0. The predicted molar refractivity (Wildman–Crippen MR) is 43.5 cm³/mol. The summed E-state index contributed by atoms with van der Waals surface area (Å²) in [4.78, 5) is 0. The fraction of sp³-hybridized carbons (Fsp3) is 0.857. The Labute approximate surface area is 62.2 Å². The van der Waals surface area contributed by atoms with E-state index in [1.807, 2.05) is 11.8 Å². The van der Waals surface area contributed by atoms with E-state index in [1.165, 1.54) is 12.2 Å². The van der Waals surface area contributed by atoms with E-state index in [1.54, 1.807) is 7.11 Å². The molecule has 0 aliphatic rings. The molecule has 0 saturated heterocycles. The van der Waals surface area contributed by atoms with Crippen molar-refractivity contribution < 1.29 is 4.74 Å². The van der Waals surface area contributed by atoms with Gasteiger partial charge in [0.15, 0.2) is 0 Å². The summed E-state index contributed by atoms with van der Waals surface area (Å²) < 4.78 is 4.89. The highest BCUT2D eigenvalue weighted by atomic mass is 32.2. The van der Waals surface area contributed by atoms with Crippen LogP contribution in [0, 0.1) is 5.75 Å². The van der Waals surface area contributed by atoms with Crippen molar-refractivity contribution in [2.45, 2.75) is 19.8 Å². The third-order valence-electron chi connectivity index (χ3n) is 0.955. The standard InChI is InChI=1S/C7H15OS/c1-3-9-7-5-4-6-8-2/h7H,3-6H2,1-2H3. The molecule has 0 aromatic rings. The van der Waals surface area contributed by atoms with Gasteiger partial charge in [-0.15, -0.1) is 0 Å². The van der Waals surface area contributed by atoms with Gasteiger partial charge in [-0.05, 0) is 18.6 Å². The van der Waals surface area contributed by atoms with Crippen LogP contribution in [0.2, 0.25) is 0 Å². The van der Waals surface area contributed by atoms with Crippen LogP contribution in [0.5, 0.6) is 0 Å². The number of rotatable bonds is 6. The first-order chi connectivity index (χ1) is 4.41. The fourth-order valence-electron chi connectivity index (χ4n) is 0.512. The minimum absolute atomic E-state index is 0.890. The van der Waals surface area contributed by atoms with Crippen LogP contribution in [0.15, 0.2) is 0 Å². The first-order valence-corrected chi connectivity index (χ1v) is 4.39. The lowest BCUT2D eigenvalue weighted by atomic mass is 10.4. The highest BCUT2D eigenvalue weighted by Crippen LogP contribution is 2.08. The van der Waals surface area contributed by atoms with Gasteiger partial charge in [-0.3, -0.25) is 0 Å². The Morgan fingerprint density at radius 3 is 2.89 bits per heavy atom. The molecule has 0 fully saturated rings. The summed E-state index contributed by atoms with van der Waals surface area (Å²) in [5.74, 6) is 3.44. The Morgan fingerprint density at radius 1 is 1.56 bits per heavy atom. The number of thioether (sulfide) groups is 1. The molecular formula is C7H15OS. The molecule has 0 bridgehead atoms. The Bertz CT molecular complexity index is 42.2. The van der Waals surface area contributed by atoms with Gasteiger partial charge in [-0.2, -0.15) is 11.8 Å². The summed E-state index contributed by atoms with van der Waals surface area (Å²) in [6.45, 7) is 3.05. The Kier molecular flexibility index (Phi) is 8.60. The lowest BCUT2D eigenvalue weighted by Crippen LogP contribution is -1.86. The van der Waals surface area contributed by atoms with E-state index < -0.39 is 0 Å². The van der Waals surface area contributed by atoms with E-state index in [9.17, 15) is 0 Å². The van der Waals surface area contributed by atoms with Crippen LogP contribution in [-0.2, 0) is 4.74 Å². The van der Waals surface area contributed by atoms with Crippen LogP contribution in [0.4, 0.5) is 0 Å². The van der Waals surface area contributed by atoms with Crippen LogP contribution in [-0.4, -0.2) is 19.5 Å². The molecular weight excluding hydrogens is 132 g/mol. The summed E-state index contributed by atoms with van der Waals surface area (Å²) in [6.07, 6.45) is 2.33. The average Bonchev–Trinajstić information content (AvgIpc) is 1.89. The molecule has 1 nitrogen and oxygen atoms in total. The second-order valence-corrected chi connectivity index (χ2v) is 3.00. The van der Waals surface area contributed by atoms with Gasteiger partial charge < -0.3 is 4.74 Å². The molecule has 0 spiro atoms. The van der Waals surface area contributed by atoms with Crippen molar-refractivity contribution in [3.63, 3.8) is 0 Å². The summed E-state index contributed by atoms with van der Waals surface area (Å²) in [7, 11) is 1.74. The number of hydrogen-bond donors (Lipinski definition) is 0. The molecule has 0 amide bonds. The average molecular weight is 147 g/mol. The van der Waals surface area contributed by atoms with Crippen molar-refractivity contribution in [1.29, 1.82) is 0 Å². The van der Waals surface area contributed by atoms with Crippen molar-refractivity contribution in [3.05, 3.63) is 5.75 Å². The molecule has 0 unspecified atom stereocenters. The molecule has 0 heterocycles.